The Morgan fingerprint density at radius 2 is 1.61 bits per heavy atom. The largest absolute Gasteiger partial charge is 0.416 e. The smallest absolute Gasteiger partial charge is 0.381 e. The summed E-state index contributed by atoms with van der Waals surface area (Å²) in [4.78, 5) is 13.1. The number of carbonyl (C=O) groups excluding carboxylic acids is 1. The Morgan fingerprint density at radius 1 is 1.00 bits per heavy atom. The highest BCUT2D eigenvalue weighted by Gasteiger charge is 2.45. The summed E-state index contributed by atoms with van der Waals surface area (Å²) in [5, 5.41) is 6.22. The Hall–Kier alpha value is -1.81. The molecule has 0 aromatic heterocycles. The summed E-state index contributed by atoms with van der Waals surface area (Å²) in [5.41, 5.74) is -3.67. The lowest BCUT2D eigenvalue weighted by Gasteiger charge is -2.30. The van der Waals surface area contributed by atoms with Crippen molar-refractivity contribution in [2.75, 3.05) is 13.2 Å². The predicted molar refractivity (Wildman–Crippen MR) is 110 cm³/mol. The van der Waals surface area contributed by atoms with Gasteiger partial charge in [-0.2, -0.15) is 26.3 Å². The number of benzene rings is 1. The summed E-state index contributed by atoms with van der Waals surface area (Å²) in [6.45, 7) is 2.95. The molecule has 1 aromatic carbocycles. The topological polar surface area (TPSA) is 50.4 Å². The van der Waals surface area contributed by atoms with E-state index >= 15 is 0 Å². The predicted octanol–water partition coefficient (Wildman–Crippen LogP) is 5.45. The van der Waals surface area contributed by atoms with Gasteiger partial charge in [-0.25, -0.2) is 0 Å². The number of rotatable bonds is 7. The first-order chi connectivity index (χ1) is 15.4. The van der Waals surface area contributed by atoms with E-state index < -0.39 is 35.4 Å². The van der Waals surface area contributed by atoms with Crippen molar-refractivity contribution < 1.29 is 35.9 Å². The van der Waals surface area contributed by atoms with Crippen LogP contribution in [0.3, 0.4) is 0 Å². The Labute approximate surface area is 189 Å². The molecule has 2 aliphatic rings. The van der Waals surface area contributed by atoms with Crippen molar-refractivity contribution in [3.63, 3.8) is 0 Å². The second kappa shape index (κ2) is 10.2. The molecule has 0 spiro atoms. The lowest BCUT2D eigenvalue weighted by Crippen LogP contribution is -2.43. The van der Waals surface area contributed by atoms with Crippen molar-refractivity contribution in [1.29, 1.82) is 0 Å². The van der Waals surface area contributed by atoms with Gasteiger partial charge in [0.2, 0.25) is 5.91 Å². The van der Waals surface area contributed by atoms with Crippen molar-refractivity contribution in [1.82, 2.24) is 10.6 Å². The highest BCUT2D eigenvalue weighted by molar-refractivity contribution is 5.83. The van der Waals surface area contributed by atoms with Crippen molar-refractivity contribution >= 4 is 5.91 Å². The molecule has 33 heavy (non-hydrogen) atoms. The normalized spacial score (nSPS) is 24.8. The number of carbonyl (C=O) groups is 1. The Bertz CT molecular complexity index is 788. The third-order valence-electron chi connectivity index (χ3n) is 6.61. The van der Waals surface area contributed by atoms with E-state index in [2.05, 4.69) is 10.6 Å². The van der Waals surface area contributed by atoms with Crippen LogP contribution >= 0.6 is 0 Å². The number of alkyl halides is 6. The molecule has 186 valence electrons. The van der Waals surface area contributed by atoms with E-state index in [4.69, 9.17) is 4.74 Å². The minimum absolute atomic E-state index is 0.0907. The van der Waals surface area contributed by atoms with Crippen LogP contribution in [0.25, 0.3) is 0 Å². The fourth-order valence-corrected chi connectivity index (χ4v) is 4.98. The van der Waals surface area contributed by atoms with E-state index in [-0.39, 0.29) is 23.6 Å². The standard InChI is InChI=1S/C23H30F6N2O2/c1-2-6-21(7-3-19(13-21)31-18-4-8-33-9-5-18)20(32)30-14-15-10-16(22(24,25)26)12-17(11-15)23(27,28)29/h10-12,18-19,31H,2-9,13-14H2,1H3,(H,30,32)/t19-,21+/m1/s1. The molecular weight excluding hydrogens is 450 g/mol. The van der Waals surface area contributed by atoms with E-state index in [1.165, 1.54) is 0 Å². The molecule has 1 aromatic rings. The van der Waals surface area contributed by atoms with Gasteiger partial charge in [0.15, 0.2) is 0 Å². The quantitative estimate of drug-likeness (QED) is 0.511. The average Bonchev–Trinajstić information content (AvgIpc) is 3.15. The zero-order valence-corrected chi connectivity index (χ0v) is 18.5. The van der Waals surface area contributed by atoms with Crippen LogP contribution in [0, 0.1) is 5.41 Å². The zero-order chi connectivity index (χ0) is 24.3. The van der Waals surface area contributed by atoms with Gasteiger partial charge in [-0.05, 0) is 62.3 Å². The molecule has 0 bridgehead atoms. The third kappa shape index (κ3) is 6.62. The van der Waals surface area contributed by atoms with E-state index in [1.54, 1.807) is 0 Å². The molecule has 1 amide bonds. The third-order valence-corrected chi connectivity index (χ3v) is 6.61. The number of hydrogen-bond acceptors (Lipinski definition) is 3. The Morgan fingerprint density at radius 3 is 2.15 bits per heavy atom. The number of halogens is 6. The van der Waals surface area contributed by atoms with Gasteiger partial charge in [0, 0.05) is 31.8 Å². The second-order valence-corrected chi connectivity index (χ2v) is 9.12. The van der Waals surface area contributed by atoms with Gasteiger partial charge in [0.1, 0.15) is 0 Å². The number of hydrogen-bond donors (Lipinski definition) is 2. The molecule has 1 heterocycles. The minimum Gasteiger partial charge on any atom is -0.381 e. The molecule has 10 heteroatoms. The molecule has 2 N–H and O–H groups in total. The summed E-state index contributed by atoms with van der Waals surface area (Å²) < 4.78 is 84.0. The van der Waals surface area contributed by atoms with Crippen LogP contribution in [0.15, 0.2) is 18.2 Å². The highest BCUT2D eigenvalue weighted by Crippen LogP contribution is 2.43. The van der Waals surface area contributed by atoms with Gasteiger partial charge in [-0.15, -0.1) is 0 Å². The lowest BCUT2D eigenvalue weighted by molar-refractivity contribution is -0.143. The monoisotopic (exact) mass is 480 g/mol. The van der Waals surface area contributed by atoms with Gasteiger partial charge in [0.25, 0.3) is 0 Å². The van der Waals surface area contributed by atoms with Crippen LogP contribution in [-0.4, -0.2) is 31.2 Å². The first kappa shape index (κ1) is 25.8. The molecule has 1 saturated heterocycles. The van der Waals surface area contributed by atoms with Crippen molar-refractivity contribution in [3.8, 4) is 0 Å². The van der Waals surface area contributed by atoms with Crippen LogP contribution in [0.1, 0.15) is 68.6 Å². The summed E-state index contributed by atoms with van der Waals surface area (Å²) in [5.74, 6) is -0.313. The molecule has 2 atom stereocenters. The van der Waals surface area contributed by atoms with Gasteiger partial charge >= 0.3 is 12.4 Å². The SMILES string of the molecule is CCC[C@]1(C(=O)NCc2cc(C(F)(F)F)cc(C(F)(F)F)c2)CC[C@@H](NC2CCOCC2)C1. The molecular formula is C23H30F6N2O2. The molecule has 0 radical (unpaired) electrons. The zero-order valence-electron chi connectivity index (χ0n) is 18.5. The molecule has 4 nitrogen and oxygen atoms in total. The van der Waals surface area contributed by atoms with Crippen molar-refractivity contribution in [2.24, 2.45) is 5.41 Å². The van der Waals surface area contributed by atoms with Crippen molar-refractivity contribution in [2.45, 2.75) is 82.9 Å². The van der Waals surface area contributed by atoms with Gasteiger partial charge in [0.05, 0.1) is 16.5 Å². The van der Waals surface area contributed by atoms with Gasteiger partial charge in [-0.3, -0.25) is 4.79 Å². The van der Waals surface area contributed by atoms with Gasteiger partial charge in [-0.1, -0.05) is 13.3 Å². The summed E-state index contributed by atoms with van der Waals surface area (Å²) in [6, 6.07) is 1.89. The van der Waals surface area contributed by atoms with E-state index in [0.29, 0.717) is 50.7 Å². The fourth-order valence-electron chi connectivity index (χ4n) is 4.98. The van der Waals surface area contributed by atoms with E-state index in [9.17, 15) is 31.1 Å². The summed E-state index contributed by atoms with van der Waals surface area (Å²) >= 11 is 0. The molecule has 1 aliphatic heterocycles. The summed E-state index contributed by atoms with van der Waals surface area (Å²) in [6.07, 6.45) is -4.64. The van der Waals surface area contributed by atoms with Gasteiger partial charge < -0.3 is 15.4 Å². The van der Waals surface area contributed by atoms with E-state index in [1.807, 2.05) is 6.92 Å². The van der Waals surface area contributed by atoms with Crippen LogP contribution < -0.4 is 10.6 Å². The Kier molecular flexibility index (Phi) is 7.99. The molecule has 0 unspecified atom stereocenters. The van der Waals surface area contributed by atoms with Crippen molar-refractivity contribution in [3.05, 3.63) is 34.9 Å². The first-order valence-electron chi connectivity index (χ1n) is 11.3. The highest BCUT2D eigenvalue weighted by atomic mass is 19.4. The van der Waals surface area contributed by atoms with Crippen LogP contribution in [-0.2, 0) is 28.4 Å². The van der Waals surface area contributed by atoms with Crippen LogP contribution in [0.4, 0.5) is 26.3 Å². The molecule has 1 saturated carbocycles. The number of amides is 1. The average molecular weight is 480 g/mol. The molecule has 2 fully saturated rings. The maximum absolute atomic E-state index is 13.1. The second-order valence-electron chi connectivity index (χ2n) is 9.12. The van der Waals surface area contributed by atoms with Crippen LogP contribution in [0.5, 0.6) is 0 Å². The number of ether oxygens (including phenoxy) is 1. The molecule has 3 rings (SSSR count). The van der Waals surface area contributed by atoms with Crippen LogP contribution in [0.2, 0.25) is 0 Å². The first-order valence-corrected chi connectivity index (χ1v) is 11.3. The minimum atomic E-state index is -4.92. The molecule has 1 aliphatic carbocycles. The fraction of sp³-hybridized carbons (Fsp3) is 0.696. The number of nitrogens with one attached hydrogen (secondary N) is 2. The maximum Gasteiger partial charge on any atom is 0.416 e. The Balaban J connectivity index is 1.70. The maximum atomic E-state index is 13.1. The van der Waals surface area contributed by atoms with E-state index in [0.717, 1.165) is 25.7 Å². The lowest BCUT2D eigenvalue weighted by atomic mass is 9.80. The summed E-state index contributed by atoms with van der Waals surface area (Å²) in [7, 11) is 0.